The number of fused-ring (bicyclic) bond motifs is 1. The number of carbonyl (C=O) groups is 2. The summed E-state index contributed by atoms with van der Waals surface area (Å²) in [6, 6.07) is 7.19. The Bertz CT molecular complexity index is 797. The van der Waals surface area contributed by atoms with Gasteiger partial charge in [-0.3, -0.25) is 19.6 Å². The number of benzene rings is 1. The number of rotatable bonds is 5. The molecule has 132 valence electrons. The van der Waals surface area contributed by atoms with Crippen molar-refractivity contribution in [2.75, 3.05) is 23.4 Å². The topological polar surface area (TPSA) is 87.3 Å². The van der Waals surface area contributed by atoms with Crippen molar-refractivity contribution in [2.24, 2.45) is 5.92 Å². The average molecular weight is 342 g/mol. The molecule has 2 heterocycles. The molecular formula is C18H22N4O3. The summed E-state index contributed by atoms with van der Waals surface area (Å²) in [6.07, 6.45) is 0.817. The number of aromatic amines is 1. The fourth-order valence-corrected chi connectivity index (χ4v) is 2.86. The maximum Gasteiger partial charge on any atom is 0.265 e. The molecule has 0 radical (unpaired) electrons. The van der Waals surface area contributed by atoms with Crippen LogP contribution in [0, 0.1) is 12.8 Å². The Morgan fingerprint density at radius 3 is 2.92 bits per heavy atom. The van der Waals surface area contributed by atoms with Crippen molar-refractivity contribution in [3.05, 3.63) is 35.5 Å². The number of ether oxygens (including phenoxy) is 1. The number of carbonyl (C=O) groups excluding carboxylic acids is 2. The van der Waals surface area contributed by atoms with Crippen LogP contribution in [0.25, 0.3) is 0 Å². The first-order valence-corrected chi connectivity index (χ1v) is 8.31. The fraction of sp³-hybridized carbons (Fsp3) is 0.389. The largest absolute Gasteiger partial charge is 0.482 e. The summed E-state index contributed by atoms with van der Waals surface area (Å²) < 4.78 is 5.39. The first-order chi connectivity index (χ1) is 12.0. The van der Waals surface area contributed by atoms with Crippen molar-refractivity contribution in [1.29, 1.82) is 0 Å². The Morgan fingerprint density at radius 1 is 1.40 bits per heavy atom. The van der Waals surface area contributed by atoms with Crippen molar-refractivity contribution < 1.29 is 14.3 Å². The highest BCUT2D eigenvalue weighted by atomic mass is 16.5. The van der Waals surface area contributed by atoms with E-state index in [9.17, 15) is 9.59 Å². The van der Waals surface area contributed by atoms with Gasteiger partial charge in [-0.2, -0.15) is 5.10 Å². The van der Waals surface area contributed by atoms with E-state index in [0.717, 1.165) is 17.7 Å². The summed E-state index contributed by atoms with van der Waals surface area (Å²) in [7, 11) is 0. The molecule has 7 nitrogen and oxygen atoms in total. The van der Waals surface area contributed by atoms with Crippen LogP contribution in [0.5, 0.6) is 5.75 Å². The number of nitrogens with one attached hydrogen (secondary N) is 2. The second-order valence-electron chi connectivity index (χ2n) is 6.56. The maximum atomic E-state index is 12.5. The monoisotopic (exact) mass is 342 g/mol. The van der Waals surface area contributed by atoms with E-state index >= 15 is 0 Å². The lowest BCUT2D eigenvalue weighted by molar-refractivity contribution is -0.123. The van der Waals surface area contributed by atoms with Crippen LogP contribution in [0.2, 0.25) is 0 Å². The quantitative estimate of drug-likeness (QED) is 0.873. The molecule has 2 amide bonds. The van der Waals surface area contributed by atoms with Gasteiger partial charge in [0.2, 0.25) is 5.91 Å². The zero-order valence-corrected chi connectivity index (χ0v) is 14.6. The van der Waals surface area contributed by atoms with E-state index in [4.69, 9.17) is 4.74 Å². The lowest BCUT2D eigenvalue weighted by Crippen LogP contribution is -2.43. The average Bonchev–Trinajstić information content (AvgIpc) is 2.90. The second-order valence-corrected chi connectivity index (χ2v) is 6.56. The summed E-state index contributed by atoms with van der Waals surface area (Å²) >= 11 is 0. The van der Waals surface area contributed by atoms with Crippen LogP contribution in [0.1, 0.15) is 25.1 Å². The second kappa shape index (κ2) is 6.96. The van der Waals surface area contributed by atoms with Gasteiger partial charge in [0.15, 0.2) is 12.4 Å². The summed E-state index contributed by atoms with van der Waals surface area (Å²) in [5.41, 5.74) is 2.54. The van der Waals surface area contributed by atoms with Gasteiger partial charge in [0.25, 0.3) is 5.91 Å². The molecular weight excluding hydrogens is 320 g/mol. The minimum Gasteiger partial charge on any atom is -0.482 e. The van der Waals surface area contributed by atoms with E-state index in [0.29, 0.717) is 23.2 Å². The minimum atomic E-state index is -0.290. The molecule has 1 aliphatic rings. The molecule has 1 aliphatic heterocycles. The normalized spacial score (nSPS) is 13.6. The lowest BCUT2D eigenvalue weighted by atomic mass is 10.0. The molecule has 3 rings (SSSR count). The molecule has 25 heavy (non-hydrogen) atoms. The first kappa shape index (κ1) is 17.0. The number of H-pyrrole nitrogens is 1. The zero-order chi connectivity index (χ0) is 18.0. The number of aryl methyl sites for hydroxylation is 1. The van der Waals surface area contributed by atoms with E-state index in [2.05, 4.69) is 29.4 Å². The van der Waals surface area contributed by atoms with Gasteiger partial charge in [0.05, 0.1) is 5.69 Å². The van der Waals surface area contributed by atoms with E-state index in [1.807, 2.05) is 19.1 Å². The number of anilines is 2. The molecule has 0 bridgehead atoms. The molecule has 0 aliphatic carbocycles. The predicted molar refractivity (Wildman–Crippen MR) is 94.8 cm³/mol. The Morgan fingerprint density at radius 2 is 2.16 bits per heavy atom. The van der Waals surface area contributed by atoms with Crippen molar-refractivity contribution in [3.8, 4) is 5.75 Å². The molecule has 2 aromatic rings. The smallest absolute Gasteiger partial charge is 0.265 e. The Hall–Kier alpha value is -2.83. The molecule has 0 spiro atoms. The van der Waals surface area contributed by atoms with E-state index < -0.39 is 0 Å². The molecule has 0 saturated carbocycles. The molecule has 0 saturated heterocycles. The molecule has 2 N–H and O–H groups in total. The number of aromatic nitrogens is 2. The van der Waals surface area contributed by atoms with Gasteiger partial charge in [-0.25, -0.2) is 0 Å². The Labute approximate surface area is 146 Å². The summed E-state index contributed by atoms with van der Waals surface area (Å²) in [5, 5.41) is 9.91. The third-order valence-electron chi connectivity index (χ3n) is 4.05. The summed E-state index contributed by atoms with van der Waals surface area (Å²) in [4.78, 5) is 26.1. The van der Waals surface area contributed by atoms with Crippen molar-refractivity contribution in [3.63, 3.8) is 0 Å². The fourth-order valence-electron chi connectivity index (χ4n) is 2.86. The van der Waals surface area contributed by atoms with Crippen molar-refractivity contribution in [2.45, 2.75) is 27.2 Å². The van der Waals surface area contributed by atoms with Crippen LogP contribution in [0.3, 0.4) is 0 Å². The number of nitrogens with zero attached hydrogens (tertiary/aromatic N) is 2. The van der Waals surface area contributed by atoms with Gasteiger partial charge in [0, 0.05) is 11.3 Å². The van der Waals surface area contributed by atoms with Crippen LogP contribution in [0.15, 0.2) is 24.3 Å². The van der Waals surface area contributed by atoms with E-state index in [1.54, 1.807) is 12.1 Å². The van der Waals surface area contributed by atoms with E-state index in [-0.39, 0.29) is 25.0 Å². The summed E-state index contributed by atoms with van der Waals surface area (Å²) in [5.74, 6) is 1.05. The predicted octanol–water partition coefficient (Wildman–Crippen LogP) is 2.28. The molecule has 0 atom stereocenters. The van der Waals surface area contributed by atoms with Crippen LogP contribution >= 0.6 is 0 Å². The maximum absolute atomic E-state index is 12.5. The molecule has 1 aromatic heterocycles. The Balaban J connectivity index is 1.75. The van der Waals surface area contributed by atoms with Gasteiger partial charge >= 0.3 is 0 Å². The Kier molecular flexibility index (Phi) is 4.74. The molecule has 1 aromatic carbocycles. The third kappa shape index (κ3) is 3.65. The zero-order valence-electron chi connectivity index (χ0n) is 14.6. The van der Waals surface area contributed by atoms with Gasteiger partial charge in [-0.1, -0.05) is 26.0 Å². The number of amides is 2. The lowest BCUT2D eigenvalue weighted by Gasteiger charge is -2.28. The summed E-state index contributed by atoms with van der Waals surface area (Å²) in [6.45, 7) is 6.02. The van der Waals surface area contributed by atoms with Gasteiger partial charge in [0.1, 0.15) is 12.3 Å². The van der Waals surface area contributed by atoms with E-state index in [1.165, 1.54) is 4.90 Å². The molecule has 0 fully saturated rings. The number of para-hydroxylation sites is 2. The standard InChI is InChI=1S/C18H22N4O3/c1-11(2)8-13-12(3)20-21-18(13)19-16(23)9-22-14-6-4-5-7-15(14)25-10-17(22)24/h4-7,11H,8-10H2,1-3H3,(H2,19,20,21,23). The number of hydrogen-bond acceptors (Lipinski definition) is 4. The molecule has 7 heteroatoms. The van der Waals surface area contributed by atoms with Gasteiger partial charge < -0.3 is 10.1 Å². The highest BCUT2D eigenvalue weighted by molar-refractivity contribution is 6.04. The van der Waals surface area contributed by atoms with Crippen LogP contribution in [0.4, 0.5) is 11.5 Å². The van der Waals surface area contributed by atoms with Gasteiger partial charge in [-0.15, -0.1) is 0 Å². The molecule has 0 unspecified atom stereocenters. The van der Waals surface area contributed by atoms with Crippen LogP contribution < -0.4 is 15.0 Å². The minimum absolute atomic E-state index is 0.0651. The van der Waals surface area contributed by atoms with Crippen molar-refractivity contribution >= 4 is 23.3 Å². The first-order valence-electron chi connectivity index (χ1n) is 8.31. The SMILES string of the molecule is Cc1[nH]nc(NC(=O)CN2C(=O)COc3ccccc32)c1CC(C)C. The number of hydrogen-bond donors (Lipinski definition) is 2. The van der Waals surface area contributed by atoms with Crippen LogP contribution in [-0.4, -0.2) is 35.2 Å². The highest BCUT2D eigenvalue weighted by Crippen LogP contribution is 2.31. The highest BCUT2D eigenvalue weighted by Gasteiger charge is 2.27. The third-order valence-corrected chi connectivity index (χ3v) is 4.05. The van der Waals surface area contributed by atoms with Crippen LogP contribution in [-0.2, 0) is 16.0 Å². The van der Waals surface area contributed by atoms with Gasteiger partial charge in [-0.05, 0) is 31.4 Å². The van der Waals surface area contributed by atoms with Crippen molar-refractivity contribution in [1.82, 2.24) is 10.2 Å².